The zero-order chi connectivity index (χ0) is 22.7. The Morgan fingerprint density at radius 1 is 0.969 bits per heavy atom. The second kappa shape index (κ2) is 9.51. The monoisotopic (exact) mass is 437 g/mol. The van der Waals surface area contributed by atoms with Gasteiger partial charge in [0.2, 0.25) is 11.8 Å². The third kappa shape index (κ3) is 5.33. The maximum Gasteiger partial charge on any atom is 0.255 e. The lowest BCUT2D eigenvalue weighted by Gasteiger charge is -2.32. The summed E-state index contributed by atoms with van der Waals surface area (Å²) in [5, 5.41) is 5.84. The van der Waals surface area contributed by atoms with Crippen LogP contribution in [0.3, 0.4) is 0 Å². The van der Waals surface area contributed by atoms with E-state index in [4.69, 9.17) is 0 Å². The average molecular weight is 438 g/mol. The number of nitrogens with one attached hydrogen (secondary N) is 2. The van der Waals surface area contributed by atoms with Gasteiger partial charge in [-0.05, 0) is 74.6 Å². The number of piperidine rings is 1. The SMILES string of the molecule is CC(NC(=O)C1CCCN(C(=O)C2CC2)C1)c1ccc(NC(=O)c2ccc(F)cc2)cc1. The van der Waals surface area contributed by atoms with Gasteiger partial charge in [0.15, 0.2) is 0 Å². The predicted molar refractivity (Wildman–Crippen MR) is 119 cm³/mol. The van der Waals surface area contributed by atoms with Crippen LogP contribution in [0.5, 0.6) is 0 Å². The minimum atomic E-state index is -0.391. The van der Waals surface area contributed by atoms with Gasteiger partial charge in [0, 0.05) is 30.3 Å². The van der Waals surface area contributed by atoms with Gasteiger partial charge in [-0.25, -0.2) is 4.39 Å². The van der Waals surface area contributed by atoms with Gasteiger partial charge in [0.05, 0.1) is 12.0 Å². The molecule has 2 unspecified atom stereocenters. The van der Waals surface area contributed by atoms with Crippen molar-refractivity contribution in [3.63, 3.8) is 0 Å². The van der Waals surface area contributed by atoms with E-state index in [1.807, 2.05) is 24.0 Å². The van der Waals surface area contributed by atoms with Crippen LogP contribution in [0.15, 0.2) is 48.5 Å². The quantitative estimate of drug-likeness (QED) is 0.719. The number of benzene rings is 2. The van der Waals surface area contributed by atoms with Crippen LogP contribution in [-0.4, -0.2) is 35.7 Å². The summed E-state index contributed by atoms with van der Waals surface area (Å²) >= 11 is 0. The molecular formula is C25H28FN3O3. The maximum atomic E-state index is 13.0. The van der Waals surface area contributed by atoms with Crippen molar-refractivity contribution in [3.8, 4) is 0 Å². The highest BCUT2D eigenvalue weighted by molar-refractivity contribution is 6.04. The van der Waals surface area contributed by atoms with Gasteiger partial charge in [-0.15, -0.1) is 0 Å². The molecule has 4 rings (SSSR count). The van der Waals surface area contributed by atoms with E-state index in [1.165, 1.54) is 24.3 Å². The first-order chi connectivity index (χ1) is 15.4. The summed E-state index contributed by atoms with van der Waals surface area (Å²) in [6, 6.07) is 12.4. The molecule has 1 saturated carbocycles. The molecule has 1 aliphatic heterocycles. The van der Waals surface area contributed by atoms with E-state index in [0.717, 1.165) is 37.8 Å². The minimum absolute atomic E-state index is 0.0283. The molecule has 2 fully saturated rings. The fraction of sp³-hybridized carbons (Fsp3) is 0.400. The fourth-order valence-corrected chi connectivity index (χ4v) is 4.05. The van der Waals surface area contributed by atoms with E-state index in [1.54, 1.807) is 12.1 Å². The van der Waals surface area contributed by atoms with E-state index in [-0.39, 0.29) is 35.6 Å². The Balaban J connectivity index is 1.30. The highest BCUT2D eigenvalue weighted by Gasteiger charge is 2.36. The van der Waals surface area contributed by atoms with Crippen molar-refractivity contribution in [1.82, 2.24) is 10.2 Å². The molecule has 0 aromatic heterocycles. The lowest BCUT2D eigenvalue weighted by atomic mass is 9.96. The van der Waals surface area contributed by atoms with E-state index >= 15 is 0 Å². The molecule has 0 spiro atoms. The van der Waals surface area contributed by atoms with Crippen molar-refractivity contribution in [2.45, 2.75) is 38.6 Å². The first kappa shape index (κ1) is 22.0. The highest BCUT2D eigenvalue weighted by Crippen LogP contribution is 2.32. The smallest absolute Gasteiger partial charge is 0.255 e. The third-order valence-electron chi connectivity index (χ3n) is 6.16. The lowest BCUT2D eigenvalue weighted by molar-refractivity contribution is -0.137. The molecule has 1 heterocycles. The Kier molecular flexibility index (Phi) is 6.53. The number of anilines is 1. The normalized spacial score (nSPS) is 19.2. The largest absolute Gasteiger partial charge is 0.349 e. The van der Waals surface area contributed by atoms with Gasteiger partial charge < -0.3 is 15.5 Å². The van der Waals surface area contributed by atoms with Crippen LogP contribution in [0.1, 0.15) is 54.6 Å². The minimum Gasteiger partial charge on any atom is -0.349 e. The standard InChI is InChI=1S/C25H28FN3O3/c1-16(27-24(31)20-3-2-14-29(15-20)25(32)19-4-5-19)17-8-12-22(13-9-17)28-23(30)18-6-10-21(26)11-7-18/h6-13,16,19-20H,2-5,14-15H2,1H3,(H,27,31)(H,28,30). The van der Waals surface area contributed by atoms with Gasteiger partial charge in [0.25, 0.3) is 5.91 Å². The first-order valence-electron chi connectivity index (χ1n) is 11.2. The molecule has 168 valence electrons. The number of halogens is 1. The highest BCUT2D eigenvalue weighted by atomic mass is 19.1. The Hall–Kier alpha value is -3.22. The summed E-state index contributed by atoms with van der Waals surface area (Å²) in [4.78, 5) is 39.3. The van der Waals surface area contributed by atoms with Crippen LogP contribution < -0.4 is 10.6 Å². The summed E-state index contributed by atoms with van der Waals surface area (Å²) in [5.41, 5.74) is 1.90. The zero-order valence-corrected chi connectivity index (χ0v) is 18.1. The Morgan fingerprint density at radius 2 is 1.66 bits per heavy atom. The molecule has 2 atom stereocenters. The second-order valence-electron chi connectivity index (χ2n) is 8.71. The van der Waals surface area contributed by atoms with Crippen molar-refractivity contribution in [3.05, 3.63) is 65.5 Å². The van der Waals surface area contributed by atoms with Crippen LogP contribution in [0.25, 0.3) is 0 Å². The summed E-state index contributed by atoms with van der Waals surface area (Å²) in [5.74, 6) is -0.534. The maximum absolute atomic E-state index is 13.0. The molecule has 0 radical (unpaired) electrons. The zero-order valence-electron chi connectivity index (χ0n) is 18.1. The van der Waals surface area contributed by atoms with Crippen molar-refractivity contribution >= 4 is 23.4 Å². The van der Waals surface area contributed by atoms with E-state index in [0.29, 0.717) is 17.8 Å². The van der Waals surface area contributed by atoms with E-state index in [2.05, 4.69) is 10.6 Å². The van der Waals surface area contributed by atoms with Gasteiger partial charge in [-0.3, -0.25) is 14.4 Å². The fourth-order valence-electron chi connectivity index (χ4n) is 4.05. The summed E-state index contributed by atoms with van der Waals surface area (Å²) in [6.07, 6.45) is 3.60. The Morgan fingerprint density at radius 3 is 2.31 bits per heavy atom. The van der Waals surface area contributed by atoms with Crippen molar-refractivity contribution in [2.24, 2.45) is 11.8 Å². The average Bonchev–Trinajstić information content (AvgIpc) is 3.65. The van der Waals surface area contributed by atoms with Gasteiger partial charge >= 0.3 is 0 Å². The van der Waals surface area contributed by atoms with E-state index in [9.17, 15) is 18.8 Å². The van der Waals surface area contributed by atoms with Crippen LogP contribution in [0.2, 0.25) is 0 Å². The van der Waals surface area contributed by atoms with Gasteiger partial charge in [0.1, 0.15) is 5.82 Å². The topological polar surface area (TPSA) is 78.5 Å². The predicted octanol–water partition coefficient (Wildman–Crippen LogP) is 3.90. The molecule has 32 heavy (non-hydrogen) atoms. The number of hydrogen-bond acceptors (Lipinski definition) is 3. The molecule has 2 aromatic carbocycles. The van der Waals surface area contributed by atoms with Crippen LogP contribution >= 0.6 is 0 Å². The molecule has 6 nitrogen and oxygen atoms in total. The number of carbonyl (C=O) groups excluding carboxylic acids is 3. The number of carbonyl (C=O) groups is 3. The number of likely N-dealkylation sites (tertiary alicyclic amines) is 1. The molecular weight excluding hydrogens is 409 g/mol. The number of hydrogen-bond donors (Lipinski definition) is 2. The van der Waals surface area contributed by atoms with Crippen molar-refractivity contribution in [2.75, 3.05) is 18.4 Å². The number of amides is 3. The van der Waals surface area contributed by atoms with Crippen molar-refractivity contribution in [1.29, 1.82) is 0 Å². The lowest BCUT2D eigenvalue weighted by Crippen LogP contribution is -2.46. The second-order valence-corrected chi connectivity index (χ2v) is 8.71. The molecule has 2 aliphatic rings. The summed E-state index contributed by atoms with van der Waals surface area (Å²) in [6.45, 7) is 3.17. The molecule has 2 N–H and O–H groups in total. The molecule has 2 aromatic rings. The van der Waals surface area contributed by atoms with Crippen LogP contribution in [-0.2, 0) is 9.59 Å². The molecule has 7 heteroatoms. The first-order valence-corrected chi connectivity index (χ1v) is 11.2. The van der Waals surface area contributed by atoms with Crippen LogP contribution in [0.4, 0.5) is 10.1 Å². The third-order valence-corrected chi connectivity index (χ3v) is 6.16. The number of nitrogens with zero attached hydrogens (tertiary/aromatic N) is 1. The molecule has 3 amide bonds. The Labute approximate surface area is 187 Å². The van der Waals surface area contributed by atoms with Crippen molar-refractivity contribution < 1.29 is 18.8 Å². The van der Waals surface area contributed by atoms with Crippen LogP contribution in [0, 0.1) is 17.7 Å². The van der Waals surface area contributed by atoms with Gasteiger partial charge in [-0.1, -0.05) is 12.1 Å². The van der Waals surface area contributed by atoms with E-state index < -0.39 is 5.82 Å². The molecule has 0 bridgehead atoms. The van der Waals surface area contributed by atoms with Gasteiger partial charge in [-0.2, -0.15) is 0 Å². The number of rotatable bonds is 6. The molecule has 1 saturated heterocycles. The molecule has 1 aliphatic carbocycles. The Bertz CT molecular complexity index is 986. The summed E-state index contributed by atoms with van der Waals surface area (Å²) in [7, 11) is 0. The summed E-state index contributed by atoms with van der Waals surface area (Å²) < 4.78 is 13.0.